The van der Waals surface area contributed by atoms with Crippen LogP contribution in [0.15, 0.2) is 48.5 Å². The van der Waals surface area contributed by atoms with Crippen LogP contribution in [-0.2, 0) is 19.5 Å². The average Bonchev–Trinajstić information content (AvgIpc) is 3.23. The Morgan fingerprint density at radius 2 is 1.70 bits per heavy atom. The van der Waals surface area contributed by atoms with E-state index in [0.717, 1.165) is 69.3 Å². The Morgan fingerprint density at radius 1 is 0.946 bits per heavy atom. The molecule has 0 unspecified atom stereocenters. The molecule has 4 rings (SSSR count). The monoisotopic (exact) mass is 509 g/mol. The summed E-state index contributed by atoms with van der Waals surface area (Å²) in [7, 11) is 0. The number of halogens is 2. The van der Waals surface area contributed by atoms with Gasteiger partial charge in [-0.1, -0.05) is 58.4 Å². The molecule has 0 spiro atoms. The number of likely N-dealkylation sites (N-methyl/N-ethyl adjacent to an activating group) is 1. The molecule has 0 bridgehead atoms. The third kappa shape index (κ3) is 6.76. The van der Waals surface area contributed by atoms with Gasteiger partial charge in [0, 0.05) is 56.9 Å². The van der Waals surface area contributed by atoms with Gasteiger partial charge in [0.15, 0.2) is 0 Å². The maximum Gasteiger partial charge on any atom is 0.137 e. The van der Waals surface area contributed by atoms with Gasteiger partial charge in [-0.3, -0.25) is 4.90 Å². The summed E-state index contributed by atoms with van der Waals surface area (Å²) in [6.45, 7) is 15.6. The standard InChI is InChI=1S/C30H41F2N5/c1-5-10-29-27(22-35(20-23(3)4)21-24-11-7-8-14-28(24)32)30(36-17-15-34(6-2)16-18-36)37(33-29)26-13-9-12-25(31)19-26/h7-9,11-14,19,23H,5-6,10,15-18,20-22H2,1-4H3. The number of hydrogen-bond donors (Lipinski definition) is 0. The van der Waals surface area contributed by atoms with Crippen molar-refractivity contribution < 1.29 is 8.78 Å². The van der Waals surface area contributed by atoms with Crippen LogP contribution in [-0.4, -0.2) is 58.8 Å². The van der Waals surface area contributed by atoms with Crippen molar-refractivity contribution in [2.75, 3.05) is 44.2 Å². The largest absolute Gasteiger partial charge is 0.354 e. The number of benzene rings is 2. The van der Waals surface area contributed by atoms with E-state index in [9.17, 15) is 8.78 Å². The third-order valence-corrected chi connectivity index (χ3v) is 7.06. The fourth-order valence-corrected chi connectivity index (χ4v) is 5.27. The number of aryl methyl sites for hydroxylation is 1. The quantitative estimate of drug-likeness (QED) is 0.322. The molecule has 3 aromatic rings. The molecular formula is C30H41F2N5. The van der Waals surface area contributed by atoms with Crippen molar-refractivity contribution in [3.63, 3.8) is 0 Å². The molecule has 7 heteroatoms. The number of aromatic nitrogens is 2. The van der Waals surface area contributed by atoms with E-state index < -0.39 is 0 Å². The Kier molecular flexibility index (Phi) is 9.33. The topological polar surface area (TPSA) is 27.5 Å². The second-order valence-corrected chi connectivity index (χ2v) is 10.5. The highest BCUT2D eigenvalue weighted by atomic mass is 19.1. The molecule has 1 saturated heterocycles. The van der Waals surface area contributed by atoms with Gasteiger partial charge >= 0.3 is 0 Å². The summed E-state index contributed by atoms with van der Waals surface area (Å²) < 4.78 is 30.9. The van der Waals surface area contributed by atoms with E-state index in [2.05, 4.69) is 42.4 Å². The van der Waals surface area contributed by atoms with Gasteiger partial charge in [0.05, 0.1) is 11.4 Å². The molecule has 2 heterocycles. The van der Waals surface area contributed by atoms with Crippen LogP contribution < -0.4 is 4.90 Å². The van der Waals surface area contributed by atoms with Gasteiger partial charge in [0.1, 0.15) is 17.5 Å². The third-order valence-electron chi connectivity index (χ3n) is 7.06. The minimum absolute atomic E-state index is 0.170. The predicted molar refractivity (Wildman–Crippen MR) is 147 cm³/mol. The van der Waals surface area contributed by atoms with Crippen LogP contribution in [0, 0.1) is 17.6 Å². The van der Waals surface area contributed by atoms with Gasteiger partial charge in [-0.15, -0.1) is 0 Å². The zero-order chi connectivity index (χ0) is 26.4. The summed E-state index contributed by atoms with van der Waals surface area (Å²) in [6.07, 6.45) is 1.81. The molecule has 1 aliphatic rings. The minimum Gasteiger partial charge on any atom is -0.354 e. The fourth-order valence-electron chi connectivity index (χ4n) is 5.27. The van der Waals surface area contributed by atoms with Gasteiger partial charge in [-0.25, -0.2) is 13.5 Å². The number of nitrogens with zero attached hydrogens (tertiary/aromatic N) is 5. The molecule has 5 nitrogen and oxygen atoms in total. The van der Waals surface area contributed by atoms with Crippen molar-refractivity contribution >= 4 is 5.82 Å². The smallest absolute Gasteiger partial charge is 0.137 e. The lowest BCUT2D eigenvalue weighted by Gasteiger charge is -2.36. The number of anilines is 1. The maximum atomic E-state index is 14.6. The molecule has 0 aliphatic carbocycles. The zero-order valence-corrected chi connectivity index (χ0v) is 22.8. The summed E-state index contributed by atoms with van der Waals surface area (Å²) in [5, 5.41) is 5.08. The average molecular weight is 510 g/mol. The van der Waals surface area contributed by atoms with Crippen molar-refractivity contribution in [1.82, 2.24) is 19.6 Å². The highest BCUT2D eigenvalue weighted by Crippen LogP contribution is 2.32. The van der Waals surface area contributed by atoms with Gasteiger partial charge in [-0.2, -0.15) is 5.10 Å². The first-order valence-electron chi connectivity index (χ1n) is 13.7. The first-order valence-corrected chi connectivity index (χ1v) is 13.7. The second kappa shape index (κ2) is 12.7. The molecule has 1 aliphatic heterocycles. The van der Waals surface area contributed by atoms with E-state index in [1.807, 2.05) is 22.9 Å². The van der Waals surface area contributed by atoms with Crippen molar-refractivity contribution in [3.8, 4) is 5.69 Å². The molecule has 37 heavy (non-hydrogen) atoms. The SMILES string of the molecule is CCCc1nn(-c2cccc(F)c2)c(N2CCN(CC)CC2)c1CN(Cc1ccccc1F)CC(C)C. The number of rotatable bonds is 11. The van der Waals surface area contributed by atoms with E-state index in [0.29, 0.717) is 24.6 Å². The van der Waals surface area contributed by atoms with E-state index in [1.165, 1.54) is 17.7 Å². The lowest BCUT2D eigenvalue weighted by atomic mass is 10.1. The van der Waals surface area contributed by atoms with Gasteiger partial charge in [-0.05, 0) is 43.1 Å². The van der Waals surface area contributed by atoms with Gasteiger partial charge < -0.3 is 9.80 Å². The van der Waals surface area contributed by atoms with Crippen LogP contribution >= 0.6 is 0 Å². The highest BCUT2D eigenvalue weighted by molar-refractivity contribution is 5.56. The summed E-state index contributed by atoms with van der Waals surface area (Å²) in [5.74, 6) is 1.04. The van der Waals surface area contributed by atoms with E-state index in [4.69, 9.17) is 5.10 Å². The zero-order valence-electron chi connectivity index (χ0n) is 22.8. The molecule has 0 amide bonds. The van der Waals surface area contributed by atoms with Crippen molar-refractivity contribution in [2.24, 2.45) is 5.92 Å². The van der Waals surface area contributed by atoms with E-state index >= 15 is 0 Å². The molecule has 1 fully saturated rings. The number of piperazine rings is 1. The molecule has 0 N–H and O–H groups in total. The Hall–Kier alpha value is -2.77. The van der Waals surface area contributed by atoms with E-state index in [1.54, 1.807) is 18.2 Å². The van der Waals surface area contributed by atoms with E-state index in [-0.39, 0.29) is 11.6 Å². The molecule has 0 radical (unpaired) electrons. The summed E-state index contributed by atoms with van der Waals surface area (Å²) in [4.78, 5) is 7.20. The molecule has 2 aromatic carbocycles. The van der Waals surface area contributed by atoms with Crippen molar-refractivity contribution in [2.45, 2.75) is 53.6 Å². The Balaban J connectivity index is 1.78. The molecule has 0 saturated carbocycles. The van der Waals surface area contributed by atoms with Crippen LogP contribution in [0.25, 0.3) is 5.69 Å². The summed E-state index contributed by atoms with van der Waals surface area (Å²) in [5.41, 5.74) is 3.66. The summed E-state index contributed by atoms with van der Waals surface area (Å²) in [6, 6.07) is 13.7. The Morgan fingerprint density at radius 3 is 2.35 bits per heavy atom. The first-order chi connectivity index (χ1) is 17.9. The highest BCUT2D eigenvalue weighted by Gasteiger charge is 2.28. The Bertz CT molecular complexity index is 1150. The second-order valence-electron chi connectivity index (χ2n) is 10.5. The minimum atomic E-state index is -0.269. The van der Waals surface area contributed by atoms with Crippen LogP contribution in [0.1, 0.15) is 50.9 Å². The van der Waals surface area contributed by atoms with Crippen LogP contribution in [0.3, 0.4) is 0 Å². The molecule has 200 valence electrons. The molecular weight excluding hydrogens is 468 g/mol. The maximum absolute atomic E-state index is 14.6. The van der Waals surface area contributed by atoms with Gasteiger partial charge in [0.25, 0.3) is 0 Å². The molecule has 1 aromatic heterocycles. The summed E-state index contributed by atoms with van der Waals surface area (Å²) >= 11 is 0. The van der Waals surface area contributed by atoms with Gasteiger partial charge in [0.2, 0.25) is 0 Å². The van der Waals surface area contributed by atoms with Crippen LogP contribution in [0.5, 0.6) is 0 Å². The fraction of sp³-hybridized carbons (Fsp3) is 0.500. The molecule has 0 atom stereocenters. The lowest BCUT2D eigenvalue weighted by Crippen LogP contribution is -2.47. The van der Waals surface area contributed by atoms with Crippen LogP contribution in [0.2, 0.25) is 0 Å². The lowest BCUT2D eigenvalue weighted by molar-refractivity contribution is 0.224. The van der Waals surface area contributed by atoms with Crippen molar-refractivity contribution in [1.29, 1.82) is 0 Å². The van der Waals surface area contributed by atoms with Crippen molar-refractivity contribution in [3.05, 3.63) is 77.0 Å². The van der Waals surface area contributed by atoms with Crippen LogP contribution in [0.4, 0.5) is 14.6 Å². The Labute approximate surface area is 220 Å². The number of hydrogen-bond acceptors (Lipinski definition) is 4. The predicted octanol–water partition coefficient (Wildman–Crippen LogP) is 5.90. The normalized spacial score (nSPS) is 14.8. The first kappa shape index (κ1) is 27.3.